The van der Waals surface area contributed by atoms with Gasteiger partial charge < -0.3 is 11.1 Å². The van der Waals surface area contributed by atoms with Crippen molar-refractivity contribution in [1.29, 1.82) is 0 Å². The number of rotatable bonds is 2. The van der Waals surface area contributed by atoms with E-state index in [9.17, 15) is 0 Å². The highest BCUT2D eigenvalue weighted by Crippen LogP contribution is 2.25. The van der Waals surface area contributed by atoms with Crippen LogP contribution >= 0.6 is 24.0 Å². The highest BCUT2D eigenvalue weighted by Gasteiger charge is 2.24. The molecule has 3 N–H and O–H groups in total. The van der Waals surface area contributed by atoms with E-state index in [0.717, 1.165) is 24.2 Å². The van der Waals surface area contributed by atoms with E-state index in [1.807, 2.05) is 19.2 Å². The molecule has 1 heterocycles. The van der Waals surface area contributed by atoms with Gasteiger partial charge in [-0.25, -0.2) is 4.98 Å². The summed E-state index contributed by atoms with van der Waals surface area (Å²) in [6.45, 7) is 1.98. The predicted octanol–water partition coefficient (Wildman–Crippen LogP) is 2.76. The van der Waals surface area contributed by atoms with Crippen LogP contribution in [0.3, 0.4) is 0 Å². The topological polar surface area (TPSA) is 50.9 Å². The van der Waals surface area contributed by atoms with E-state index in [-0.39, 0.29) is 18.4 Å². The lowest BCUT2D eigenvalue weighted by Crippen LogP contribution is -2.35. The second kappa shape index (κ2) is 5.71. The van der Waals surface area contributed by atoms with Crippen molar-refractivity contribution in [3.8, 4) is 0 Å². The Morgan fingerprint density at radius 2 is 2.25 bits per heavy atom. The van der Waals surface area contributed by atoms with Crippen LogP contribution in [0.5, 0.6) is 0 Å². The molecule has 3 nitrogen and oxygen atoms in total. The molecule has 0 unspecified atom stereocenters. The van der Waals surface area contributed by atoms with Crippen LogP contribution in [0.15, 0.2) is 12.3 Å². The first-order valence-electron chi connectivity index (χ1n) is 5.31. The van der Waals surface area contributed by atoms with Gasteiger partial charge in [-0.1, -0.05) is 11.6 Å². The lowest BCUT2D eigenvalue weighted by molar-refractivity contribution is 0.635. The van der Waals surface area contributed by atoms with Gasteiger partial charge in [0.1, 0.15) is 5.82 Å². The van der Waals surface area contributed by atoms with Crippen molar-refractivity contribution in [2.75, 3.05) is 5.32 Å². The predicted molar refractivity (Wildman–Crippen MR) is 70.5 cm³/mol. The first-order chi connectivity index (χ1) is 7.16. The molecule has 90 valence electrons. The zero-order chi connectivity index (χ0) is 10.8. The van der Waals surface area contributed by atoms with E-state index in [1.54, 1.807) is 0 Å². The van der Waals surface area contributed by atoms with Crippen LogP contribution in [-0.2, 0) is 0 Å². The van der Waals surface area contributed by atoms with Crippen molar-refractivity contribution in [2.24, 2.45) is 5.73 Å². The summed E-state index contributed by atoms with van der Waals surface area (Å²) in [6.07, 6.45) is 5.19. The number of nitrogens with zero attached hydrogens (tertiary/aromatic N) is 1. The molecule has 0 saturated heterocycles. The average molecular weight is 262 g/mol. The minimum Gasteiger partial charge on any atom is -0.365 e. The SMILES string of the molecule is Cc1cnc(N[C@H]2CCC[C@@H]2N)c(Cl)c1.Cl. The molecule has 2 rings (SSSR count). The average Bonchev–Trinajstić information content (AvgIpc) is 2.57. The Hall–Kier alpha value is -0.510. The summed E-state index contributed by atoms with van der Waals surface area (Å²) >= 11 is 6.09. The highest BCUT2D eigenvalue weighted by atomic mass is 35.5. The fraction of sp³-hybridized carbons (Fsp3) is 0.545. The van der Waals surface area contributed by atoms with E-state index in [2.05, 4.69) is 10.3 Å². The molecule has 1 fully saturated rings. The van der Waals surface area contributed by atoms with Crippen molar-refractivity contribution in [3.63, 3.8) is 0 Å². The van der Waals surface area contributed by atoms with Gasteiger partial charge in [0.2, 0.25) is 0 Å². The number of halogens is 2. The Kier molecular flexibility index (Phi) is 4.84. The van der Waals surface area contributed by atoms with Crippen LogP contribution in [0.4, 0.5) is 5.82 Å². The molecule has 0 aromatic carbocycles. The third-order valence-corrected chi connectivity index (χ3v) is 3.16. The number of pyridine rings is 1. The third kappa shape index (κ3) is 3.00. The van der Waals surface area contributed by atoms with Gasteiger partial charge in [0, 0.05) is 18.3 Å². The number of nitrogens with two attached hydrogens (primary N) is 1. The standard InChI is InChI=1S/C11H16ClN3.ClH/c1-7-5-8(12)11(14-6-7)15-10-4-2-3-9(10)13;/h5-6,9-10H,2-4,13H2,1H3,(H,14,15);1H/t9-,10-;/m0./s1. The zero-order valence-corrected chi connectivity index (χ0v) is 10.8. The van der Waals surface area contributed by atoms with Crippen molar-refractivity contribution in [3.05, 3.63) is 22.8 Å². The van der Waals surface area contributed by atoms with E-state index >= 15 is 0 Å². The molecule has 1 aromatic rings. The van der Waals surface area contributed by atoms with Gasteiger partial charge in [-0.15, -0.1) is 12.4 Å². The second-order valence-electron chi connectivity index (χ2n) is 4.19. The fourth-order valence-electron chi connectivity index (χ4n) is 1.98. The molecule has 0 amide bonds. The van der Waals surface area contributed by atoms with Gasteiger partial charge in [-0.05, 0) is 37.8 Å². The third-order valence-electron chi connectivity index (χ3n) is 2.87. The van der Waals surface area contributed by atoms with Gasteiger partial charge in [-0.3, -0.25) is 0 Å². The Bertz CT molecular complexity index is 357. The second-order valence-corrected chi connectivity index (χ2v) is 4.60. The minimum atomic E-state index is 0. The number of aromatic nitrogens is 1. The van der Waals surface area contributed by atoms with Crippen molar-refractivity contribution in [1.82, 2.24) is 4.98 Å². The molecule has 0 radical (unpaired) electrons. The number of anilines is 1. The molecule has 0 aliphatic heterocycles. The van der Waals surface area contributed by atoms with Crippen LogP contribution < -0.4 is 11.1 Å². The molecule has 1 saturated carbocycles. The Labute approximate surface area is 107 Å². The first kappa shape index (κ1) is 13.6. The van der Waals surface area contributed by atoms with Gasteiger partial charge in [0.05, 0.1) is 5.02 Å². The van der Waals surface area contributed by atoms with Crippen molar-refractivity contribution in [2.45, 2.75) is 38.3 Å². The molecule has 0 spiro atoms. The van der Waals surface area contributed by atoms with Gasteiger partial charge in [0.15, 0.2) is 0 Å². The van der Waals surface area contributed by atoms with Crippen LogP contribution in [0.1, 0.15) is 24.8 Å². The number of hydrogen-bond acceptors (Lipinski definition) is 3. The largest absolute Gasteiger partial charge is 0.365 e. The molecule has 5 heteroatoms. The van der Waals surface area contributed by atoms with Gasteiger partial charge >= 0.3 is 0 Å². The molecule has 0 bridgehead atoms. The molecule has 16 heavy (non-hydrogen) atoms. The summed E-state index contributed by atoms with van der Waals surface area (Å²) in [4.78, 5) is 4.28. The van der Waals surface area contributed by atoms with Gasteiger partial charge in [-0.2, -0.15) is 0 Å². The maximum atomic E-state index is 6.09. The summed E-state index contributed by atoms with van der Waals surface area (Å²) in [5.41, 5.74) is 7.04. The van der Waals surface area contributed by atoms with Crippen LogP contribution in [0.2, 0.25) is 5.02 Å². The number of aryl methyl sites for hydroxylation is 1. The molecular weight excluding hydrogens is 245 g/mol. The van der Waals surface area contributed by atoms with Crippen LogP contribution in [-0.4, -0.2) is 17.1 Å². The fourth-order valence-corrected chi connectivity index (χ4v) is 2.26. The van der Waals surface area contributed by atoms with Crippen LogP contribution in [0.25, 0.3) is 0 Å². The summed E-state index contributed by atoms with van der Waals surface area (Å²) < 4.78 is 0. The number of hydrogen-bond donors (Lipinski definition) is 2. The quantitative estimate of drug-likeness (QED) is 0.861. The maximum Gasteiger partial charge on any atom is 0.145 e. The van der Waals surface area contributed by atoms with Gasteiger partial charge in [0.25, 0.3) is 0 Å². The summed E-state index contributed by atoms with van der Waals surface area (Å²) in [5, 5.41) is 3.99. The summed E-state index contributed by atoms with van der Waals surface area (Å²) in [5.74, 6) is 0.754. The lowest BCUT2D eigenvalue weighted by Gasteiger charge is -2.18. The minimum absolute atomic E-state index is 0. The summed E-state index contributed by atoms with van der Waals surface area (Å²) in [6, 6.07) is 2.46. The zero-order valence-electron chi connectivity index (χ0n) is 9.24. The van der Waals surface area contributed by atoms with E-state index in [0.29, 0.717) is 11.1 Å². The van der Waals surface area contributed by atoms with E-state index < -0.39 is 0 Å². The molecular formula is C11H17Cl2N3. The molecule has 2 atom stereocenters. The van der Waals surface area contributed by atoms with Crippen molar-refractivity contribution < 1.29 is 0 Å². The monoisotopic (exact) mass is 261 g/mol. The van der Waals surface area contributed by atoms with E-state index in [1.165, 1.54) is 6.42 Å². The maximum absolute atomic E-state index is 6.09. The Morgan fingerprint density at radius 1 is 1.50 bits per heavy atom. The summed E-state index contributed by atoms with van der Waals surface area (Å²) in [7, 11) is 0. The molecule has 1 aromatic heterocycles. The normalized spacial score (nSPS) is 23.9. The Balaban J connectivity index is 0.00000128. The Morgan fingerprint density at radius 3 is 2.81 bits per heavy atom. The van der Waals surface area contributed by atoms with Crippen LogP contribution in [0, 0.1) is 6.92 Å². The van der Waals surface area contributed by atoms with Crippen molar-refractivity contribution >= 4 is 29.8 Å². The molecule has 1 aliphatic carbocycles. The lowest BCUT2D eigenvalue weighted by atomic mass is 10.2. The van der Waals surface area contributed by atoms with E-state index in [4.69, 9.17) is 17.3 Å². The highest BCUT2D eigenvalue weighted by molar-refractivity contribution is 6.32. The smallest absolute Gasteiger partial charge is 0.145 e. The molecule has 1 aliphatic rings. The first-order valence-corrected chi connectivity index (χ1v) is 5.69. The number of nitrogens with one attached hydrogen (secondary N) is 1.